The third-order valence-electron chi connectivity index (χ3n) is 2.73. The van der Waals surface area contributed by atoms with Crippen LogP contribution in [0.15, 0.2) is 24.5 Å². The Morgan fingerprint density at radius 1 is 1.22 bits per heavy atom. The van der Waals surface area contributed by atoms with Gasteiger partial charge in [0.15, 0.2) is 0 Å². The molecule has 0 radical (unpaired) electrons. The van der Waals surface area contributed by atoms with Crippen LogP contribution in [0.25, 0.3) is 11.3 Å². The van der Waals surface area contributed by atoms with Crippen LogP contribution in [-0.2, 0) is 5.54 Å². The lowest BCUT2D eigenvalue weighted by atomic mass is 10.1. The van der Waals surface area contributed by atoms with Gasteiger partial charge in [0.2, 0.25) is 0 Å². The van der Waals surface area contributed by atoms with E-state index in [0.29, 0.717) is 21.6 Å². The molecule has 1 aromatic heterocycles. The first kappa shape index (κ1) is 13.2. The van der Waals surface area contributed by atoms with Gasteiger partial charge in [-0.3, -0.25) is 0 Å². The summed E-state index contributed by atoms with van der Waals surface area (Å²) in [7, 11) is 0. The molecule has 5 heteroatoms. The highest BCUT2D eigenvalue weighted by Crippen LogP contribution is 2.36. The number of nitrogens with zero attached hydrogens (tertiary/aromatic N) is 2. The Kier molecular flexibility index (Phi) is 3.30. The number of benzene rings is 1. The Morgan fingerprint density at radius 3 is 2.44 bits per heavy atom. The van der Waals surface area contributed by atoms with E-state index in [1.807, 2.05) is 16.7 Å². The van der Waals surface area contributed by atoms with E-state index in [1.165, 1.54) is 0 Å². The maximum Gasteiger partial charge on any atom is 0.132 e. The fraction of sp³-hybridized carbons (Fsp3) is 0.308. The summed E-state index contributed by atoms with van der Waals surface area (Å²) in [5, 5.41) is 0.976. The summed E-state index contributed by atoms with van der Waals surface area (Å²) in [6.07, 6.45) is 1.72. The van der Waals surface area contributed by atoms with E-state index in [1.54, 1.807) is 12.4 Å². The van der Waals surface area contributed by atoms with Crippen molar-refractivity contribution in [2.24, 2.45) is 0 Å². The molecule has 0 aliphatic heterocycles. The average molecular weight is 284 g/mol. The van der Waals surface area contributed by atoms with E-state index in [0.717, 1.165) is 5.56 Å². The minimum absolute atomic E-state index is 0.125. The molecule has 2 N–H and O–H groups in total. The van der Waals surface area contributed by atoms with Crippen LogP contribution in [0.5, 0.6) is 0 Å². The van der Waals surface area contributed by atoms with Crippen molar-refractivity contribution in [3.63, 3.8) is 0 Å². The Balaban J connectivity index is 2.60. The molecule has 0 saturated carbocycles. The van der Waals surface area contributed by atoms with Crippen LogP contribution < -0.4 is 5.73 Å². The van der Waals surface area contributed by atoms with E-state index in [2.05, 4.69) is 25.8 Å². The third kappa shape index (κ3) is 2.20. The summed E-state index contributed by atoms with van der Waals surface area (Å²) in [6, 6.07) is 5.43. The number of rotatable bonds is 1. The van der Waals surface area contributed by atoms with E-state index >= 15 is 0 Å². The van der Waals surface area contributed by atoms with Crippen molar-refractivity contribution in [2.75, 3.05) is 5.73 Å². The molecule has 2 rings (SSSR count). The van der Waals surface area contributed by atoms with Crippen molar-refractivity contribution in [1.82, 2.24) is 9.55 Å². The molecule has 0 atom stereocenters. The first-order valence-corrected chi connectivity index (χ1v) is 6.35. The second kappa shape index (κ2) is 4.48. The standard InChI is InChI=1S/C13H15Cl2N3/c1-13(2,3)18-7-17-11(12(18)16)8-5-4-6-9(14)10(8)15/h4-7H,16H2,1-3H3. The monoisotopic (exact) mass is 283 g/mol. The number of halogens is 2. The van der Waals surface area contributed by atoms with E-state index < -0.39 is 0 Å². The lowest BCUT2D eigenvalue weighted by Crippen LogP contribution is -2.22. The maximum atomic E-state index is 6.19. The first-order valence-electron chi connectivity index (χ1n) is 5.60. The maximum absolute atomic E-state index is 6.19. The predicted octanol–water partition coefficient (Wildman–Crippen LogP) is 4.19. The van der Waals surface area contributed by atoms with Crippen molar-refractivity contribution >= 4 is 29.0 Å². The molecule has 1 heterocycles. The van der Waals surface area contributed by atoms with Crippen molar-refractivity contribution < 1.29 is 0 Å². The van der Waals surface area contributed by atoms with Crippen molar-refractivity contribution in [3.05, 3.63) is 34.6 Å². The van der Waals surface area contributed by atoms with Gasteiger partial charge in [0.1, 0.15) is 11.5 Å². The van der Waals surface area contributed by atoms with Crippen molar-refractivity contribution in [2.45, 2.75) is 26.3 Å². The average Bonchev–Trinajstić information content (AvgIpc) is 2.64. The quantitative estimate of drug-likeness (QED) is 0.853. The molecular weight excluding hydrogens is 269 g/mol. The minimum Gasteiger partial charge on any atom is -0.383 e. The van der Waals surface area contributed by atoms with Gasteiger partial charge >= 0.3 is 0 Å². The number of aromatic nitrogens is 2. The zero-order chi connectivity index (χ0) is 13.5. The number of imidazole rings is 1. The first-order chi connectivity index (χ1) is 8.32. The minimum atomic E-state index is -0.125. The van der Waals surface area contributed by atoms with E-state index in [-0.39, 0.29) is 5.54 Å². The van der Waals surface area contributed by atoms with Gasteiger partial charge in [0, 0.05) is 11.1 Å². The lowest BCUT2D eigenvalue weighted by molar-refractivity contribution is 0.402. The molecule has 0 bridgehead atoms. The molecule has 18 heavy (non-hydrogen) atoms. The predicted molar refractivity (Wildman–Crippen MR) is 77.1 cm³/mol. The van der Waals surface area contributed by atoms with Crippen LogP contribution in [0.4, 0.5) is 5.82 Å². The molecule has 0 saturated heterocycles. The molecule has 0 amide bonds. The Morgan fingerprint density at radius 2 is 1.89 bits per heavy atom. The van der Waals surface area contributed by atoms with Crippen LogP contribution in [0.3, 0.4) is 0 Å². The molecule has 0 aliphatic rings. The molecule has 96 valence electrons. The Bertz CT molecular complexity index is 582. The lowest BCUT2D eigenvalue weighted by Gasteiger charge is -2.22. The van der Waals surface area contributed by atoms with E-state index in [4.69, 9.17) is 28.9 Å². The second-order valence-corrected chi connectivity index (χ2v) is 5.91. The van der Waals surface area contributed by atoms with Gasteiger partial charge < -0.3 is 10.3 Å². The summed E-state index contributed by atoms with van der Waals surface area (Å²) >= 11 is 12.2. The van der Waals surface area contributed by atoms with Crippen LogP contribution in [0.2, 0.25) is 10.0 Å². The zero-order valence-electron chi connectivity index (χ0n) is 10.5. The number of hydrogen-bond donors (Lipinski definition) is 1. The highest BCUT2D eigenvalue weighted by Gasteiger charge is 2.20. The number of hydrogen-bond acceptors (Lipinski definition) is 2. The molecule has 2 aromatic rings. The third-order valence-corrected chi connectivity index (χ3v) is 3.55. The molecule has 3 nitrogen and oxygen atoms in total. The highest BCUT2D eigenvalue weighted by molar-refractivity contribution is 6.43. The fourth-order valence-corrected chi connectivity index (χ4v) is 2.18. The smallest absolute Gasteiger partial charge is 0.132 e. The summed E-state index contributed by atoms with van der Waals surface area (Å²) in [4.78, 5) is 4.35. The van der Waals surface area contributed by atoms with Gasteiger partial charge in [-0.2, -0.15) is 0 Å². The van der Waals surface area contributed by atoms with Gasteiger partial charge in [-0.1, -0.05) is 35.3 Å². The Labute approximate surface area is 117 Å². The molecule has 0 spiro atoms. The van der Waals surface area contributed by atoms with Gasteiger partial charge in [-0.25, -0.2) is 4.98 Å². The van der Waals surface area contributed by atoms with Gasteiger partial charge in [0.25, 0.3) is 0 Å². The number of nitrogen functional groups attached to an aromatic ring is 1. The zero-order valence-corrected chi connectivity index (χ0v) is 12.0. The largest absolute Gasteiger partial charge is 0.383 e. The summed E-state index contributed by atoms with van der Waals surface area (Å²) in [5.74, 6) is 0.590. The SMILES string of the molecule is CC(C)(C)n1cnc(-c2cccc(Cl)c2Cl)c1N. The normalized spacial score (nSPS) is 11.8. The van der Waals surface area contributed by atoms with Gasteiger partial charge in [-0.05, 0) is 26.8 Å². The number of nitrogens with two attached hydrogens (primary N) is 1. The van der Waals surface area contributed by atoms with Crippen molar-refractivity contribution in [1.29, 1.82) is 0 Å². The molecular formula is C13H15Cl2N3. The highest BCUT2D eigenvalue weighted by atomic mass is 35.5. The molecule has 0 fully saturated rings. The second-order valence-electron chi connectivity index (χ2n) is 5.12. The van der Waals surface area contributed by atoms with Crippen LogP contribution in [0.1, 0.15) is 20.8 Å². The fourth-order valence-electron chi connectivity index (χ4n) is 1.79. The van der Waals surface area contributed by atoms with Gasteiger partial charge in [-0.15, -0.1) is 0 Å². The van der Waals surface area contributed by atoms with Crippen molar-refractivity contribution in [3.8, 4) is 11.3 Å². The van der Waals surface area contributed by atoms with Gasteiger partial charge in [0.05, 0.1) is 16.4 Å². The summed E-state index contributed by atoms with van der Waals surface area (Å²) in [6.45, 7) is 6.19. The topological polar surface area (TPSA) is 43.8 Å². The summed E-state index contributed by atoms with van der Waals surface area (Å²) in [5.41, 5.74) is 7.43. The molecule has 0 aliphatic carbocycles. The molecule has 0 unspecified atom stereocenters. The van der Waals surface area contributed by atoms with Crippen LogP contribution in [-0.4, -0.2) is 9.55 Å². The molecule has 1 aromatic carbocycles. The van der Waals surface area contributed by atoms with Crippen LogP contribution >= 0.6 is 23.2 Å². The summed E-state index contributed by atoms with van der Waals surface area (Å²) < 4.78 is 1.92. The Hall–Kier alpha value is -1.19. The number of anilines is 1. The van der Waals surface area contributed by atoms with E-state index in [9.17, 15) is 0 Å². The van der Waals surface area contributed by atoms with Crippen LogP contribution in [0, 0.1) is 0 Å².